The number of aliphatic hydroxyl groups excluding tert-OH is 1. The maximum Gasteiger partial charge on any atom is 0.326 e. The lowest BCUT2D eigenvalue weighted by molar-refractivity contribution is -0.148. The van der Waals surface area contributed by atoms with E-state index in [0.29, 0.717) is 6.42 Å². The monoisotopic (exact) mass is 430 g/mol. The molecule has 0 aromatic heterocycles. The van der Waals surface area contributed by atoms with Gasteiger partial charge in [0, 0.05) is 6.54 Å². The maximum atomic E-state index is 13.1. The molecule has 1 heterocycles. The molecule has 0 aromatic carbocycles. The van der Waals surface area contributed by atoms with Gasteiger partial charge in [-0.15, -0.1) is 0 Å². The van der Waals surface area contributed by atoms with Crippen molar-refractivity contribution in [2.75, 3.05) is 13.2 Å². The van der Waals surface area contributed by atoms with Gasteiger partial charge in [-0.2, -0.15) is 0 Å². The topological polar surface area (TPSA) is 199 Å². The predicted octanol–water partition coefficient (Wildman–Crippen LogP) is -2.13. The second-order valence-electron chi connectivity index (χ2n) is 7.67. The number of nitrogens with zero attached hydrogens (tertiary/aromatic N) is 1. The molecule has 1 fully saturated rings. The highest BCUT2D eigenvalue weighted by molar-refractivity contribution is 5.95. The van der Waals surface area contributed by atoms with E-state index in [1.807, 2.05) is 13.8 Å². The van der Waals surface area contributed by atoms with Crippen molar-refractivity contribution in [3.63, 3.8) is 0 Å². The minimum atomic E-state index is -1.62. The number of likely N-dealkylation sites (tertiary alicyclic amines) is 1. The van der Waals surface area contributed by atoms with Crippen LogP contribution in [0.1, 0.15) is 39.5 Å². The molecular formula is C18H30N4O8. The van der Waals surface area contributed by atoms with Gasteiger partial charge in [0.05, 0.1) is 13.0 Å². The number of rotatable bonds is 11. The summed E-state index contributed by atoms with van der Waals surface area (Å²) >= 11 is 0. The Labute approximate surface area is 173 Å². The number of nitrogens with two attached hydrogens (primary N) is 1. The Bertz CT molecular complexity index is 669. The quantitative estimate of drug-likeness (QED) is 0.212. The maximum absolute atomic E-state index is 13.1. The lowest BCUT2D eigenvalue weighted by atomic mass is 10.0. The SMILES string of the molecule is CC(C)CC(NC(=O)C(N)CO)C(=O)N1CCCC1C(=O)NC(CC(=O)O)C(=O)O. The highest BCUT2D eigenvalue weighted by Crippen LogP contribution is 2.21. The molecule has 0 bridgehead atoms. The normalized spacial score (nSPS) is 19.1. The molecule has 0 radical (unpaired) electrons. The number of hydrogen-bond acceptors (Lipinski definition) is 7. The van der Waals surface area contributed by atoms with E-state index in [2.05, 4.69) is 10.6 Å². The lowest BCUT2D eigenvalue weighted by Gasteiger charge is -2.30. The summed E-state index contributed by atoms with van der Waals surface area (Å²) in [5.41, 5.74) is 5.49. The molecule has 4 unspecified atom stereocenters. The van der Waals surface area contributed by atoms with Crippen LogP contribution < -0.4 is 16.4 Å². The molecule has 0 spiro atoms. The zero-order valence-electron chi connectivity index (χ0n) is 17.0. The summed E-state index contributed by atoms with van der Waals surface area (Å²) in [6.07, 6.45) is 0.228. The number of carboxylic acid groups (broad SMARTS) is 2. The van der Waals surface area contributed by atoms with E-state index in [4.69, 9.17) is 21.1 Å². The first kappa shape index (κ1) is 25.3. The first-order valence-electron chi connectivity index (χ1n) is 9.70. The van der Waals surface area contributed by atoms with Gasteiger partial charge in [0.25, 0.3) is 0 Å². The fraction of sp³-hybridized carbons (Fsp3) is 0.722. The number of nitrogens with one attached hydrogen (secondary N) is 2. The van der Waals surface area contributed by atoms with Crippen LogP contribution in [0.15, 0.2) is 0 Å². The molecule has 1 aliphatic rings. The van der Waals surface area contributed by atoms with Crippen molar-refractivity contribution in [3.05, 3.63) is 0 Å². The number of aliphatic carboxylic acids is 2. The Hall–Kier alpha value is -2.73. The third-order valence-corrected chi connectivity index (χ3v) is 4.69. The first-order chi connectivity index (χ1) is 14.0. The van der Waals surface area contributed by atoms with Crippen LogP contribution in [0.5, 0.6) is 0 Å². The highest BCUT2D eigenvalue weighted by Gasteiger charge is 2.39. The average Bonchev–Trinajstić information content (AvgIpc) is 3.14. The van der Waals surface area contributed by atoms with Gasteiger partial charge in [-0.25, -0.2) is 4.79 Å². The van der Waals surface area contributed by atoms with E-state index in [-0.39, 0.29) is 25.3 Å². The second kappa shape index (κ2) is 11.5. The summed E-state index contributed by atoms with van der Waals surface area (Å²) in [6, 6.07) is -4.78. The van der Waals surface area contributed by atoms with Crippen LogP contribution in [0, 0.1) is 5.92 Å². The largest absolute Gasteiger partial charge is 0.481 e. The third kappa shape index (κ3) is 7.26. The molecule has 7 N–H and O–H groups in total. The van der Waals surface area contributed by atoms with Gasteiger partial charge in [0.1, 0.15) is 24.2 Å². The Morgan fingerprint density at radius 2 is 1.73 bits per heavy atom. The summed E-state index contributed by atoms with van der Waals surface area (Å²) in [7, 11) is 0. The van der Waals surface area contributed by atoms with Crippen molar-refractivity contribution < 1.29 is 39.3 Å². The van der Waals surface area contributed by atoms with E-state index in [9.17, 15) is 24.0 Å². The van der Waals surface area contributed by atoms with Crippen molar-refractivity contribution in [1.29, 1.82) is 0 Å². The minimum Gasteiger partial charge on any atom is -0.481 e. The highest BCUT2D eigenvalue weighted by atomic mass is 16.4. The van der Waals surface area contributed by atoms with Gasteiger partial charge in [-0.1, -0.05) is 13.8 Å². The van der Waals surface area contributed by atoms with Crippen LogP contribution in [0.25, 0.3) is 0 Å². The average molecular weight is 430 g/mol. The van der Waals surface area contributed by atoms with E-state index < -0.39 is 66.9 Å². The van der Waals surface area contributed by atoms with Gasteiger partial charge in [-0.3, -0.25) is 19.2 Å². The molecule has 4 atom stereocenters. The molecule has 1 aliphatic heterocycles. The Morgan fingerprint density at radius 1 is 1.10 bits per heavy atom. The molecule has 30 heavy (non-hydrogen) atoms. The molecule has 1 saturated heterocycles. The van der Waals surface area contributed by atoms with Crippen LogP contribution in [0.2, 0.25) is 0 Å². The van der Waals surface area contributed by atoms with Crippen molar-refractivity contribution in [2.24, 2.45) is 11.7 Å². The van der Waals surface area contributed by atoms with Gasteiger partial charge in [0.2, 0.25) is 17.7 Å². The van der Waals surface area contributed by atoms with Crippen LogP contribution >= 0.6 is 0 Å². The Balaban J connectivity index is 2.95. The molecule has 12 nitrogen and oxygen atoms in total. The van der Waals surface area contributed by atoms with Crippen LogP contribution in [-0.2, 0) is 24.0 Å². The number of amides is 3. The van der Waals surface area contributed by atoms with Gasteiger partial charge < -0.3 is 36.6 Å². The molecule has 0 aromatic rings. The van der Waals surface area contributed by atoms with Crippen molar-refractivity contribution in [3.8, 4) is 0 Å². The third-order valence-electron chi connectivity index (χ3n) is 4.69. The first-order valence-corrected chi connectivity index (χ1v) is 9.70. The van der Waals surface area contributed by atoms with Gasteiger partial charge in [0.15, 0.2) is 0 Å². The second-order valence-corrected chi connectivity index (χ2v) is 7.67. The standard InChI is InChI=1S/C18H30N4O8/c1-9(2)6-11(20-15(26)10(19)8-23)17(28)22-5-3-4-13(22)16(27)21-12(18(29)30)7-14(24)25/h9-13,23H,3-8,19H2,1-2H3,(H,20,26)(H,21,27)(H,24,25)(H,29,30). The van der Waals surface area contributed by atoms with Crippen LogP contribution in [0.4, 0.5) is 0 Å². The zero-order chi connectivity index (χ0) is 23.0. The van der Waals surface area contributed by atoms with E-state index in [1.54, 1.807) is 0 Å². The predicted molar refractivity (Wildman–Crippen MR) is 103 cm³/mol. The fourth-order valence-corrected chi connectivity index (χ4v) is 3.20. The Kier molecular flexibility index (Phi) is 9.66. The Morgan fingerprint density at radius 3 is 2.23 bits per heavy atom. The summed E-state index contributed by atoms with van der Waals surface area (Å²) < 4.78 is 0. The molecule has 0 aliphatic carbocycles. The van der Waals surface area contributed by atoms with Crippen LogP contribution in [0.3, 0.4) is 0 Å². The summed E-state index contributed by atoms with van der Waals surface area (Å²) in [5.74, 6) is -4.86. The number of carboxylic acids is 2. The van der Waals surface area contributed by atoms with E-state index >= 15 is 0 Å². The van der Waals surface area contributed by atoms with E-state index in [0.717, 1.165) is 0 Å². The van der Waals surface area contributed by atoms with Crippen molar-refractivity contribution in [1.82, 2.24) is 15.5 Å². The molecule has 3 amide bonds. The summed E-state index contributed by atoms with van der Waals surface area (Å²) in [5, 5.41) is 31.6. The summed E-state index contributed by atoms with van der Waals surface area (Å²) in [6.45, 7) is 3.32. The molecular weight excluding hydrogens is 400 g/mol. The number of aliphatic hydroxyl groups is 1. The summed E-state index contributed by atoms with van der Waals surface area (Å²) in [4.78, 5) is 61.0. The fourth-order valence-electron chi connectivity index (χ4n) is 3.20. The smallest absolute Gasteiger partial charge is 0.326 e. The lowest BCUT2D eigenvalue weighted by Crippen LogP contribution is -2.57. The van der Waals surface area contributed by atoms with E-state index in [1.165, 1.54) is 4.90 Å². The number of carbonyl (C=O) groups is 5. The van der Waals surface area contributed by atoms with Crippen molar-refractivity contribution in [2.45, 2.75) is 63.7 Å². The zero-order valence-corrected chi connectivity index (χ0v) is 17.0. The number of hydrogen-bond donors (Lipinski definition) is 6. The van der Waals surface area contributed by atoms with Gasteiger partial charge >= 0.3 is 11.9 Å². The number of carbonyl (C=O) groups excluding carboxylic acids is 3. The molecule has 170 valence electrons. The van der Waals surface area contributed by atoms with Gasteiger partial charge in [-0.05, 0) is 25.2 Å². The van der Waals surface area contributed by atoms with Crippen molar-refractivity contribution >= 4 is 29.7 Å². The molecule has 0 saturated carbocycles. The van der Waals surface area contributed by atoms with Crippen LogP contribution in [-0.4, -0.2) is 87.2 Å². The minimum absolute atomic E-state index is 0.0199. The molecule has 1 rings (SSSR count). The molecule has 12 heteroatoms.